The molecule has 0 saturated carbocycles. The maximum absolute atomic E-state index is 13.5. The molecule has 4 heteroatoms. The van der Waals surface area contributed by atoms with Crippen LogP contribution < -0.4 is 4.90 Å². The molecule has 3 nitrogen and oxygen atoms in total. The van der Waals surface area contributed by atoms with Gasteiger partial charge in [0, 0.05) is 13.1 Å². The van der Waals surface area contributed by atoms with E-state index in [-0.39, 0.29) is 11.4 Å². The van der Waals surface area contributed by atoms with Crippen LogP contribution >= 0.6 is 0 Å². The Labute approximate surface area is 99.0 Å². The van der Waals surface area contributed by atoms with Crippen molar-refractivity contribution in [3.05, 3.63) is 41.2 Å². The first kappa shape index (κ1) is 11.2. The van der Waals surface area contributed by atoms with Crippen molar-refractivity contribution in [1.82, 2.24) is 0 Å². The molecule has 1 fully saturated rings. The summed E-state index contributed by atoms with van der Waals surface area (Å²) in [4.78, 5) is 1.85. The molecule has 1 heterocycles. The molecule has 0 radical (unpaired) electrons. The Bertz CT molecular complexity index is 533. The van der Waals surface area contributed by atoms with Crippen molar-refractivity contribution in [2.45, 2.75) is 6.42 Å². The fourth-order valence-corrected chi connectivity index (χ4v) is 1.96. The summed E-state index contributed by atoms with van der Waals surface area (Å²) in [6, 6.07) is 10.3. The minimum atomic E-state index is -0.274. The molecule has 2 rings (SSSR count). The molecule has 1 aliphatic heterocycles. The van der Waals surface area contributed by atoms with Crippen molar-refractivity contribution in [2.24, 2.45) is 0 Å². The van der Waals surface area contributed by atoms with Gasteiger partial charge in [-0.25, -0.2) is 4.39 Å². The Hall–Kier alpha value is -2.33. The summed E-state index contributed by atoms with van der Waals surface area (Å²) in [7, 11) is 0. The van der Waals surface area contributed by atoms with E-state index in [2.05, 4.69) is 0 Å². The van der Waals surface area contributed by atoms with E-state index >= 15 is 0 Å². The third-order valence-electron chi connectivity index (χ3n) is 2.84. The van der Waals surface area contributed by atoms with Crippen LogP contribution in [0.25, 0.3) is 0 Å². The maximum atomic E-state index is 13.5. The molecule has 17 heavy (non-hydrogen) atoms. The number of halogens is 1. The number of rotatable bonds is 1. The van der Waals surface area contributed by atoms with Gasteiger partial charge in [-0.2, -0.15) is 10.5 Å². The highest BCUT2D eigenvalue weighted by Gasteiger charge is 2.21. The van der Waals surface area contributed by atoms with Crippen LogP contribution in [0.5, 0.6) is 0 Å². The summed E-state index contributed by atoms with van der Waals surface area (Å²) >= 11 is 0. The van der Waals surface area contributed by atoms with Crippen LogP contribution in [-0.2, 0) is 0 Å². The number of hydrogen-bond donors (Lipinski definition) is 0. The first-order valence-corrected chi connectivity index (χ1v) is 5.28. The normalized spacial score (nSPS) is 14.3. The SMILES string of the molecule is N#CC(C#N)=C1CCN(c2ccccc2F)C1. The minimum Gasteiger partial charge on any atom is -0.365 e. The number of nitriles is 2. The molecule has 0 atom stereocenters. The lowest BCUT2D eigenvalue weighted by Crippen LogP contribution is -2.19. The van der Waals surface area contributed by atoms with E-state index in [4.69, 9.17) is 10.5 Å². The Balaban J connectivity index is 2.26. The van der Waals surface area contributed by atoms with Gasteiger partial charge < -0.3 is 4.90 Å². The van der Waals surface area contributed by atoms with Gasteiger partial charge in [0.25, 0.3) is 0 Å². The Morgan fingerprint density at radius 2 is 1.94 bits per heavy atom. The van der Waals surface area contributed by atoms with Crippen molar-refractivity contribution in [1.29, 1.82) is 10.5 Å². The predicted molar refractivity (Wildman–Crippen MR) is 61.5 cm³/mol. The third kappa shape index (κ3) is 2.11. The second-order valence-electron chi connectivity index (χ2n) is 3.83. The van der Waals surface area contributed by atoms with Crippen LogP contribution in [0, 0.1) is 28.5 Å². The first-order chi connectivity index (χ1) is 8.26. The van der Waals surface area contributed by atoms with Gasteiger partial charge in [0.05, 0.1) is 5.69 Å². The highest BCUT2D eigenvalue weighted by molar-refractivity contribution is 5.53. The number of hydrogen-bond acceptors (Lipinski definition) is 3. The zero-order valence-corrected chi connectivity index (χ0v) is 9.15. The van der Waals surface area contributed by atoms with Gasteiger partial charge in [0.2, 0.25) is 0 Å². The molecule has 0 aliphatic carbocycles. The minimum absolute atomic E-state index is 0.156. The lowest BCUT2D eigenvalue weighted by Gasteiger charge is -2.17. The monoisotopic (exact) mass is 227 g/mol. The van der Waals surface area contributed by atoms with Crippen LogP contribution in [0.2, 0.25) is 0 Å². The largest absolute Gasteiger partial charge is 0.365 e. The highest BCUT2D eigenvalue weighted by Crippen LogP contribution is 2.26. The predicted octanol–water partition coefficient (Wildman–Crippen LogP) is 2.38. The molecule has 84 valence electrons. The lowest BCUT2D eigenvalue weighted by molar-refractivity contribution is 0.623. The van der Waals surface area contributed by atoms with Gasteiger partial charge in [-0.05, 0) is 24.1 Å². The van der Waals surface area contributed by atoms with Crippen molar-refractivity contribution in [3.63, 3.8) is 0 Å². The first-order valence-electron chi connectivity index (χ1n) is 5.28. The van der Waals surface area contributed by atoms with E-state index in [9.17, 15) is 4.39 Å². The number of anilines is 1. The van der Waals surface area contributed by atoms with E-state index in [0.717, 1.165) is 5.57 Å². The van der Waals surface area contributed by atoms with Gasteiger partial charge >= 0.3 is 0 Å². The smallest absolute Gasteiger partial charge is 0.146 e. The second-order valence-corrected chi connectivity index (χ2v) is 3.83. The molecule has 0 spiro atoms. The molecular weight excluding hydrogens is 217 g/mol. The lowest BCUT2D eigenvalue weighted by atomic mass is 10.1. The van der Waals surface area contributed by atoms with Crippen molar-refractivity contribution >= 4 is 5.69 Å². The fraction of sp³-hybridized carbons (Fsp3) is 0.231. The van der Waals surface area contributed by atoms with Gasteiger partial charge in [-0.3, -0.25) is 0 Å². The quantitative estimate of drug-likeness (QED) is 0.692. The number of allylic oxidation sites excluding steroid dienone is 1. The Morgan fingerprint density at radius 1 is 1.24 bits per heavy atom. The zero-order valence-electron chi connectivity index (χ0n) is 9.15. The van der Waals surface area contributed by atoms with E-state index < -0.39 is 0 Å². The second kappa shape index (κ2) is 4.67. The Kier molecular flexibility index (Phi) is 3.07. The van der Waals surface area contributed by atoms with Crippen molar-refractivity contribution in [2.75, 3.05) is 18.0 Å². The Morgan fingerprint density at radius 3 is 2.59 bits per heavy atom. The van der Waals surface area contributed by atoms with Crippen LogP contribution in [0.3, 0.4) is 0 Å². The molecule has 0 amide bonds. The number of para-hydroxylation sites is 1. The summed E-state index contributed by atoms with van der Waals surface area (Å²) in [6.07, 6.45) is 0.644. The highest BCUT2D eigenvalue weighted by atomic mass is 19.1. The molecule has 1 aromatic rings. The molecule has 0 N–H and O–H groups in total. The fourth-order valence-electron chi connectivity index (χ4n) is 1.96. The van der Waals surface area contributed by atoms with Crippen molar-refractivity contribution < 1.29 is 4.39 Å². The zero-order chi connectivity index (χ0) is 12.3. The molecule has 1 saturated heterocycles. The molecular formula is C13H10FN3. The standard InChI is InChI=1S/C13H10FN3/c14-12-3-1-2-4-13(12)17-6-5-10(9-17)11(7-15)8-16/h1-4H,5-6,9H2. The molecule has 0 unspecified atom stereocenters. The van der Waals surface area contributed by atoms with Gasteiger partial charge in [-0.15, -0.1) is 0 Å². The van der Waals surface area contributed by atoms with E-state index in [0.29, 0.717) is 25.2 Å². The average Bonchev–Trinajstić information content (AvgIpc) is 2.81. The van der Waals surface area contributed by atoms with E-state index in [1.54, 1.807) is 18.2 Å². The van der Waals surface area contributed by atoms with E-state index in [1.807, 2.05) is 17.0 Å². The van der Waals surface area contributed by atoms with Crippen molar-refractivity contribution in [3.8, 4) is 12.1 Å². The topological polar surface area (TPSA) is 50.8 Å². The average molecular weight is 227 g/mol. The molecule has 0 bridgehead atoms. The van der Waals surface area contributed by atoms with Crippen LogP contribution in [-0.4, -0.2) is 13.1 Å². The van der Waals surface area contributed by atoms with Gasteiger partial charge in [0.1, 0.15) is 23.5 Å². The van der Waals surface area contributed by atoms with Gasteiger partial charge in [-0.1, -0.05) is 12.1 Å². The number of nitrogens with zero attached hydrogens (tertiary/aromatic N) is 3. The molecule has 1 aliphatic rings. The van der Waals surface area contributed by atoms with Crippen LogP contribution in [0.15, 0.2) is 35.4 Å². The summed E-state index contributed by atoms with van der Waals surface area (Å²) in [5.74, 6) is -0.274. The summed E-state index contributed by atoms with van der Waals surface area (Å²) in [5.41, 5.74) is 1.47. The van der Waals surface area contributed by atoms with E-state index in [1.165, 1.54) is 6.07 Å². The number of benzene rings is 1. The summed E-state index contributed by atoms with van der Waals surface area (Å²) < 4.78 is 13.5. The summed E-state index contributed by atoms with van der Waals surface area (Å²) in [6.45, 7) is 1.10. The van der Waals surface area contributed by atoms with Crippen LogP contribution in [0.1, 0.15) is 6.42 Å². The third-order valence-corrected chi connectivity index (χ3v) is 2.84. The van der Waals surface area contributed by atoms with Crippen LogP contribution in [0.4, 0.5) is 10.1 Å². The molecule has 0 aromatic heterocycles. The maximum Gasteiger partial charge on any atom is 0.146 e. The molecule has 1 aromatic carbocycles. The van der Waals surface area contributed by atoms with Gasteiger partial charge in [0.15, 0.2) is 0 Å². The summed E-state index contributed by atoms with van der Waals surface area (Å²) in [5, 5.41) is 17.5.